The molecule has 0 saturated heterocycles. The Kier molecular flexibility index (Phi) is 4.30. The zero-order chi connectivity index (χ0) is 11.9. The van der Waals surface area contributed by atoms with Crippen LogP contribution in [0, 0.1) is 0 Å². The van der Waals surface area contributed by atoms with E-state index in [2.05, 4.69) is 39.8 Å². The van der Waals surface area contributed by atoms with Crippen LogP contribution in [0.3, 0.4) is 0 Å². The number of H-pyrrole nitrogens is 1. The van der Waals surface area contributed by atoms with E-state index < -0.39 is 0 Å². The standard InChI is InChI=1S/C13H17N3O/c1-17-10-12-4-2-11(3-5-12)8-14-9-13-6-7-15-16-13/h2-7,14H,8-10H2,1H3,(H,15,16). The molecule has 4 heteroatoms. The van der Waals surface area contributed by atoms with Crippen molar-refractivity contribution in [3.05, 3.63) is 53.3 Å². The van der Waals surface area contributed by atoms with E-state index in [1.54, 1.807) is 13.3 Å². The fourth-order valence-electron chi connectivity index (χ4n) is 1.64. The molecule has 0 aliphatic heterocycles. The molecule has 0 aliphatic carbocycles. The number of methoxy groups -OCH3 is 1. The Hall–Kier alpha value is -1.65. The third-order valence-corrected chi connectivity index (χ3v) is 2.54. The van der Waals surface area contributed by atoms with E-state index in [0.717, 1.165) is 18.8 Å². The number of nitrogens with one attached hydrogen (secondary N) is 2. The van der Waals surface area contributed by atoms with Crippen LogP contribution in [0.15, 0.2) is 36.5 Å². The average molecular weight is 231 g/mol. The van der Waals surface area contributed by atoms with Crippen LogP contribution >= 0.6 is 0 Å². The first-order valence-electron chi connectivity index (χ1n) is 5.64. The molecule has 17 heavy (non-hydrogen) atoms. The highest BCUT2D eigenvalue weighted by molar-refractivity contribution is 5.21. The van der Waals surface area contributed by atoms with Crippen molar-refractivity contribution in [2.45, 2.75) is 19.7 Å². The number of aromatic amines is 1. The summed E-state index contributed by atoms with van der Waals surface area (Å²) in [6.45, 7) is 2.33. The fraction of sp³-hybridized carbons (Fsp3) is 0.308. The van der Waals surface area contributed by atoms with Crippen LogP contribution in [0.2, 0.25) is 0 Å². The van der Waals surface area contributed by atoms with Crippen LogP contribution in [0.25, 0.3) is 0 Å². The van der Waals surface area contributed by atoms with Gasteiger partial charge >= 0.3 is 0 Å². The molecule has 0 amide bonds. The minimum absolute atomic E-state index is 0.669. The molecule has 0 radical (unpaired) electrons. The van der Waals surface area contributed by atoms with E-state index in [4.69, 9.17) is 4.74 Å². The van der Waals surface area contributed by atoms with Gasteiger partial charge in [0, 0.05) is 32.1 Å². The molecule has 2 aromatic rings. The molecule has 2 rings (SSSR count). The number of nitrogens with zero attached hydrogens (tertiary/aromatic N) is 1. The Bertz CT molecular complexity index is 422. The highest BCUT2D eigenvalue weighted by atomic mass is 16.5. The molecule has 0 unspecified atom stereocenters. The van der Waals surface area contributed by atoms with Crippen molar-refractivity contribution < 1.29 is 4.74 Å². The number of aromatic nitrogens is 2. The highest BCUT2D eigenvalue weighted by Gasteiger charge is 1.96. The second-order valence-corrected chi connectivity index (χ2v) is 3.93. The van der Waals surface area contributed by atoms with Gasteiger partial charge < -0.3 is 10.1 Å². The van der Waals surface area contributed by atoms with Gasteiger partial charge in [0.1, 0.15) is 0 Å². The quantitative estimate of drug-likeness (QED) is 0.797. The summed E-state index contributed by atoms with van der Waals surface area (Å²) in [5.74, 6) is 0. The maximum Gasteiger partial charge on any atom is 0.0713 e. The predicted molar refractivity (Wildman–Crippen MR) is 66.3 cm³/mol. The topological polar surface area (TPSA) is 49.9 Å². The first-order valence-corrected chi connectivity index (χ1v) is 5.64. The van der Waals surface area contributed by atoms with E-state index in [1.165, 1.54) is 11.1 Å². The lowest BCUT2D eigenvalue weighted by molar-refractivity contribution is 0.185. The average Bonchev–Trinajstić information content (AvgIpc) is 2.85. The Labute approximate surface area is 101 Å². The van der Waals surface area contributed by atoms with E-state index in [9.17, 15) is 0 Å². The number of ether oxygens (including phenoxy) is 1. The highest BCUT2D eigenvalue weighted by Crippen LogP contribution is 2.05. The summed E-state index contributed by atoms with van der Waals surface area (Å²) in [5.41, 5.74) is 3.56. The molecular weight excluding hydrogens is 214 g/mol. The van der Waals surface area contributed by atoms with Crippen molar-refractivity contribution in [3.8, 4) is 0 Å². The summed E-state index contributed by atoms with van der Waals surface area (Å²) in [7, 11) is 1.71. The van der Waals surface area contributed by atoms with Gasteiger partial charge in [0.15, 0.2) is 0 Å². The molecule has 0 atom stereocenters. The molecule has 0 bridgehead atoms. The molecule has 90 valence electrons. The van der Waals surface area contributed by atoms with Crippen LogP contribution in [-0.4, -0.2) is 17.3 Å². The maximum absolute atomic E-state index is 5.07. The van der Waals surface area contributed by atoms with Crippen LogP contribution in [0.5, 0.6) is 0 Å². The predicted octanol–water partition coefficient (Wildman–Crippen LogP) is 1.85. The molecule has 1 aromatic carbocycles. The Morgan fingerprint density at radius 3 is 2.53 bits per heavy atom. The van der Waals surface area contributed by atoms with Gasteiger partial charge in [-0.15, -0.1) is 0 Å². The molecule has 1 heterocycles. The van der Waals surface area contributed by atoms with E-state index in [-0.39, 0.29) is 0 Å². The van der Waals surface area contributed by atoms with Gasteiger partial charge in [-0.1, -0.05) is 24.3 Å². The van der Waals surface area contributed by atoms with Crippen molar-refractivity contribution in [1.29, 1.82) is 0 Å². The summed E-state index contributed by atoms with van der Waals surface area (Å²) in [5, 5.41) is 10.2. The first kappa shape index (κ1) is 11.8. The van der Waals surface area contributed by atoms with Crippen molar-refractivity contribution in [2.24, 2.45) is 0 Å². The van der Waals surface area contributed by atoms with Gasteiger partial charge in [0.05, 0.1) is 6.61 Å². The lowest BCUT2D eigenvalue weighted by atomic mass is 10.1. The summed E-state index contributed by atoms with van der Waals surface area (Å²) in [6, 6.07) is 10.4. The lowest BCUT2D eigenvalue weighted by Crippen LogP contribution is -2.12. The maximum atomic E-state index is 5.07. The minimum Gasteiger partial charge on any atom is -0.380 e. The normalized spacial score (nSPS) is 10.6. The zero-order valence-electron chi connectivity index (χ0n) is 9.94. The smallest absolute Gasteiger partial charge is 0.0713 e. The third-order valence-electron chi connectivity index (χ3n) is 2.54. The summed E-state index contributed by atoms with van der Waals surface area (Å²) in [4.78, 5) is 0. The van der Waals surface area contributed by atoms with E-state index in [0.29, 0.717) is 6.61 Å². The molecule has 0 spiro atoms. The first-order chi connectivity index (χ1) is 8.38. The molecule has 1 aromatic heterocycles. The number of hydrogen-bond donors (Lipinski definition) is 2. The van der Waals surface area contributed by atoms with Crippen LogP contribution < -0.4 is 5.32 Å². The lowest BCUT2D eigenvalue weighted by Gasteiger charge is -2.05. The van der Waals surface area contributed by atoms with Gasteiger partial charge in [0.2, 0.25) is 0 Å². The molecule has 0 aliphatic rings. The summed E-state index contributed by atoms with van der Waals surface area (Å²) in [6.07, 6.45) is 1.76. The number of hydrogen-bond acceptors (Lipinski definition) is 3. The third kappa shape index (κ3) is 3.69. The van der Waals surface area contributed by atoms with Gasteiger partial charge in [-0.3, -0.25) is 5.10 Å². The van der Waals surface area contributed by atoms with Crippen LogP contribution in [0.1, 0.15) is 16.8 Å². The van der Waals surface area contributed by atoms with Crippen LogP contribution in [0.4, 0.5) is 0 Å². The van der Waals surface area contributed by atoms with Crippen molar-refractivity contribution in [1.82, 2.24) is 15.5 Å². The number of rotatable bonds is 6. The number of benzene rings is 1. The largest absolute Gasteiger partial charge is 0.380 e. The minimum atomic E-state index is 0.669. The zero-order valence-corrected chi connectivity index (χ0v) is 9.94. The fourth-order valence-corrected chi connectivity index (χ4v) is 1.64. The summed E-state index contributed by atoms with van der Waals surface area (Å²) < 4.78 is 5.07. The van der Waals surface area contributed by atoms with E-state index in [1.807, 2.05) is 6.07 Å². The molecule has 0 fully saturated rings. The van der Waals surface area contributed by atoms with E-state index >= 15 is 0 Å². The van der Waals surface area contributed by atoms with Gasteiger partial charge in [-0.25, -0.2) is 0 Å². The second kappa shape index (κ2) is 6.18. The van der Waals surface area contributed by atoms with Gasteiger partial charge in [0.25, 0.3) is 0 Å². The van der Waals surface area contributed by atoms with Crippen LogP contribution in [-0.2, 0) is 24.4 Å². The Morgan fingerprint density at radius 2 is 1.88 bits per heavy atom. The Balaban J connectivity index is 1.79. The van der Waals surface area contributed by atoms with Crippen molar-refractivity contribution >= 4 is 0 Å². The molecule has 4 nitrogen and oxygen atoms in total. The second-order valence-electron chi connectivity index (χ2n) is 3.93. The summed E-state index contributed by atoms with van der Waals surface area (Å²) >= 11 is 0. The molecule has 2 N–H and O–H groups in total. The molecular formula is C13H17N3O. The van der Waals surface area contributed by atoms with Crippen molar-refractivity contribution in [2.75, 3.05) is 7.11 Å². The molecule has 0 saturated carbocycles. The Morgan fingerprint density at radius 1 is 1.12 bits per heavy atom. The SMILES string of the molecule is COCc1ccc(CNCc2ccn[nH]2)cc1. The van der Waals surface area contributed by atoms with Gasteiger partial charge in [-0.05, 0) is 17.2 Å². The van der Waals surface area contributed by atoms with Gasteiger partial charge in [-0.2, -0.15) is 5.10 Å². The van der Waals surface area contributed by atoms with Crippen molar-refractivity contribution in [3.63, 3.8) is 0 Å². The monoisotopic (exact) mass is 231 g/mol.